The zero-order valence-electron chi connectivity index (χ0n) is 10.7. The molecule has 0 radical (unpaired) electrons. The molecule has 1 aromatic heterocycles. The summed E-state index contributed by atoms with van der Waals surface area (Å²) in [4.78, 5) is 15.7. The van der Waals surface area contributed by atoms with Crippen LogP contribution in [0.4, 0.5) is 0 Å². The molecular weight excluding hydrogens is 248 g/mol. The van der Waals surface area contributed by atoms with Gasteiger partial charge < -0.3 is 5.32 Å². The highest BCUT2D eigenvalue weighted by atomic mass is 35.5. The molecule has 98 valence electrons. The minimum absolute atomic E-state index is 0.181. The maximum Gasteiger partial charge on any atom is 0.255 e. The molecule has 0 spiro atoms. The fourth-order valence-corrected chi connectivity index (χ4v) is 1.78. The number of halogens is 1. The van der Waals surface area contributed by atoms with Gasteiger partial charge in [0.05, 0.1) is 0 Å². The second-order valence-electron chi connectivity index (χ2n) is 4.24. The first kappa shape index (κ1) is 14.7. The van der Waals surface area contributed by atoms with E-state index in [0.29, 0.717) is 10.7 Å². The zero-order valence-corrected chi connectivity index (χ0v) is 11.5. The van der Waals surface area contributed by atoms with Gasteiger partial charge in [-0.25, -0.2) is 4.98 Å². The van der Waals surface area contributed by atoms with Gasteiger partial charge in [-0.2, -0.15) is 0 Å². The van der Waals surface area contributed by atoms with E-state index in [2.05, 4.69) is 23.8 Å². The first-order valence-electron chi connectivity index (χ1n) is 6.24. The Bertz CT molecular complexity index is 418. The summed E-state index contributed by atoms with van der Waals surface area (Å²) in [5.41, 5.74) is 1.26. The lowest BCUT2D eigenvalue weighted by molar-refractivity contribution is 0.0964. The summed E-state index contributed by atoms with van der Waals surface area (Å²) in [7, 11) is 0. The Morgan fingerprint density at radius 2 is 2.22 bits per heavy atom. The number of hydrogen-bond acceptors (Lipinski definition) is 2. The molecule has 0 aliphatic heterocycles. The Morgan fingerprint density at radius 3 is 2.89 bits per heavy atom. The highest BCUT2D eigenvalue weighted by Gasteiger charge is 2.07. The Balaban J connectivity index is 2.38. The van der Waals surface area contributed by atoms with Crippen LogP contribution in [0.25, 0.3) is 0 Å². The maximum atomic E-state index is 11.8. The van der Waals surface area contributed by atoms with Crippen LogP contribution in [0.2, 0.25) is 5.15 Å². The highest BCUT2D eigenvalue weighted by Crippen LogP contribution is 2.10. The standard InChI is InChI=1S/C14H19ClN2O/c1-3-4-5-6-7-11(2)17-14(18)12-8-9-16-13(15)10-12/h8-10H,2-7H2,1H3,(H,17,18). The van der Waals surface area contributed by atoms with Crippen molar-refractivity contribution in [1.82, 2.24) is 10.3 Å². The molecule has 1 rings (SSSR count). The molecule has 0 bridgehead atoms. The van der Waals surface area contributed by atoms with Crippen LogP contribution >= 0.6 is 11.6 Å². The lowest BCUT2D eigenvalue weighted by atomic mass is 10.1. The molecule has 0 atom stereocenters. The maximum absolute atomic E-state index is 11.8. The van der Waals surface area contributed by atoms with Gasteiger partial charge in [0.2, 0.25) is 0 Å². The van der Waals surface area contributed by atoms with Crippen LogP contribution in [-0.4, -0.2) is 10.9 Å². The smallest absolute Gasteiger partial charge is 0.255 e. The predicted octanol–water partition coefficient (Wildman–Crippen LogP) is 3.95. The molecule has 4 heteroatoms. The van der Waals surface area contributed by atoms with Gasteiger partial charge in [0.1, 0.15) is 5.15 Å². The van der Waals surface area contributed by atoms with E-state index >= 15 is 0 Å². The molecule has 0 unspecified atom stereocenters. The van der Waals surface area contributed by atoms with E-state index in [0.717, 1.165) is 18.5 Å². The fraction of sp³-hybridized carbons (Fsp3) is 0.429. The van der Waals surface area contributed by atoms with Crippen molar-refractivity contribution in [1.29, 1.82) is 0 Å². The third-order valence-electron chi connectivity index (χ3n) is 2.61. The number of pyridine rings is 1. The number of rotatable bonds is 7. The average molecular weight is 267 g/mol. The predicted molar refractivity (Wildman–Crippen MR) is 74.6 cm³/mol. The third kappa shape index (κ3) is 5.32. The van der Waals surface area contributed by atoms with Gasteiger partial charge in [-0.15, -0.1) is 0 Å². The van der Waals surface area contributed by atoms with Crippen molar-refractivity contribution in [3.05, 3.63) is 41.3 Å². The second kappa shape index (κ2) is 7.88. The largest absolute Gasteiger partial charge is 0.326 e. The molecule has 18 heavy (non-hydrogen) atoms. The summed E-state index contributed by atoms with van der Waals surface area (Å²) < 4.78 is 0. The molecule has 0 saturated heterocycles. The van der Waals surface area contributed by atoms with Crippen molar-refractivity contribution < 1.29 is 4.79 Å². The van der Waals surface area contributed by atoms with Gasteiger partial charge in [0.25, 0.3) is 5.91 Å². The molecule has 0 aliphatic carbocycles. The van der Waals surface area contributed by atoms with Gasteiger partial charge in [-0.05, 0) is 25.0 Å². The van der Waals surface area contributed by atoms with E-state index in [1.807, 2.05) is 0 Å². The Hall–Kier alpha value is -1.35. The summed E-state index contributed by atoms with van der Waals surface area (Å²) in [6.45, 7) is 6.03. The van der Waals surface area contributed by atoms with Crippen molar-refractivity contribution in [2.24, 2.45) is 0 Å². The second-order valence-corrected chi connectivity index (χ2v) is 4.62. The van der Waals surface area contributed by atoms with E-state index in [9.17, 15) is 4.79 Å². The van der Waals surface area contributed by atoms with Gasteiger partial charge in [0.15, 0.2) is 0 Å². The molecule has 1 heterocycles. The van der Waals surface area contributed by atoms with Crippen LogP contribution in [0.3, 0.4) is 0 Å². The molecule has 1 amide bonds. The molecule has 0 fully saturated rings. The molecule has 0 aromatic carbocycles. The van der Waals surface area contributed by atoms with Crippen LogP contribution in [0.15, 0.2) is 30.6 Å². The number of aromatic nitrogens is 1. The molecule has 0 saturated carbocycles. The van der Waals surface area contributed by atoms with E-state index in [4.69, 9.17) is 11.6 Å². The number of carbonyl (C=O) groups is 1. The minimum Gasteiger partial charge on any atom is -0.326 e. The highest BCUT2D eigenvalue weighted by molar-refractivity contribution is 6.29. The normalized spacial score (nSPS) is 10.1. The van der Waals surface area contributed by atoms with Gasteiger partial charge >= 0.3 is 0 Å². The van der Waals surface area contributed by atoms with Crippen LogP contribution in [0.1, 0.15) is 49.4 Å². The van der Waals surface area contributed by atoms with Crippen molar-refractivity contribution in [2.75, 3.05) is 0 Å². The van der Waals surface area contributed by atoms with Crippen molar-refractivity contribution >= 4 is 17.5 Å². The quantitative estimate of drug-likeness (QED) is 0.600. The number of allylic oxidation sites excluding steroid dienone is 1. The third-order valence-corrected chi connectivity index (χ3v) is 2.82. The van der Waals surface area contributed by atoms with Crippen LogP contribution in [0, 0.1) is 0 Å². The number of nitrogens with one attached hydrogen (secondary N) is 1. The lowest BCUT2D eigenvalue weighted by Gasteiger charge is -2.08. The number of nitrogens with zero attached hydrogens (tertiary/aromatic N) is 1. The summed E-state index contributed by atoms with van der Waals surface area (Å²) in [5, 5.41) is 3.10. The number of unbranched alkanes of at least 4 members (excludes halogenated alkanes) is 3. The summed E-state index contributed by atoms with van der Waals surface area (Å²) in [6, 6.07) is 3.17. The summed E-state index contributed by atoms with van der Waals surface area (Å²) >= 11 is 5.73. The van der Waals surface area contributed by atoms with Crippen LogP contribution in [-0.2, 0) is 0 Å². The molecular formula is C14H19ClN2O. The average Bonchev–Trinajstić information content (AvgIpc) is 2.34. The SMILES string of the molecule is C=C(CCCCCC)NC(=O)c1ccnc(Cl)c1. The monoisotopic (exact) mass is 266 g/mol. The zero-order chi connectivity index (χ0) is 13.4. The molecule has 0 aliphatic rings. The van der Waals surface area contributed by atoms with Crippen molar-refractivity contribution in [3.8, 4) is 0 Å². The van der Waals surface area contributed by atoms with Gasteiger partial charge in [0, 0.05) is 17.5 Å². The van der Waals surface area contributed by atoms with Crippen LogP contribution < -0.4 is 5.32 Å². The Labute approximate surface area is 113 Å². The van der Waals surface area contributed by atoms with E-state index in [1.165, 1.54) is 25.5 Å². The summed E-state index contributed by atoms with van der Waals surface area (Å²) in [6.07, 6.45) is 7.00. The Morgan fingerprint density at radius 1 is 1.44 bits per heavy atom. The molecule has 3 nitrogen and oxygen atoms in total. The van der Waals surface area contributed by atoms with Gasteiger partial charge in [-0.1, -0.05) is 44.4 Å². The summed E-state index contributed by atoms with van der Waals surface area (Å²) in [5.74, 6) is -0.181. The van der Waals surface area contributed by atoms with Crippen molar-refractivity contribution in [3.63, 3.8) is 0 Å². The molecule has 1 N–H and O–H groups in total. The van der Waals surface area contributed by atoms with E-state index in [1.54, 1.807) is 12.1 Å². The minimum atomic E-state index is -0.181. The van der Waals surface area contributed by atoms with Crippen molar-refractivity contribution in [2.45, 2.75) is 39.0 Å². The Kier molecular flexibility index (Phi) is 6.44. The van der Waals surface area contributed by atoms with Gasteiger partial charge in [-0.3, -0.25) is 4.79 Å². The first-order valence-corrected chi connectivity index (χ1v) is 6.62. The van der Waals surface area contributed by atoms with Crippen LogP contribution in [0.5, 0.6) is 0 Å². The van der Waals surface area contributed by atoms with E-state index in [-0.39, 0.29) is 5.91 Å². The number of carbonyl (C=O) groups excluding carboxylic acids is 1. The fourth-order valence-electron chi connectivity index (χ4n) is 1.60. The molecule has 1 aromatic rings. The number of amides is 1. The van der Waals surface area contributed by atoms with E-state index < -0.39 is 0 Å². The lowest BCUT2D eigenvalue weighted by Crippen LogP contribution is -2.22. The first-order chi connectivity index (χ1) is 8.63. The number of hydrogen-bond donors (Lipinski definition) is 1. The topological polar surface area (TPSA) is 42.0 Å².